The largest absolute Gasteiger partial charge is 0.483 e. The molecule has 2 heterocycles. The highest BCUT2D eigenvalue weighted by Crippen LogP contribution is 2.25. The van der Waals surface area contributed by atoms with Crippen LogP contribution in [0.2, 0.25) is 0 Å². The third-order valence-electron chi connectivity index (χ3n) is 4.24. The van der Waals surface area contributed by atoms with Gasteiger partial charge in [-0.2, -0.15) is 0 Å². The molecule has 1 aliphatic heterocycles. The maximum Gasteiger partial charge on any atom is 0.233 e. The highest BCUT2D eigenvalue weighted by atomic mass is 32.2. The van der Waals surface area contributed by atoms with Gasteiger partial charge < -0.3 is 14.4 Å². The van der Waals surface area contributed by atoms with Crippen LogP contribution in [0.1, 0.15) is 18.9 Å². The van der Waals surface area contributed by atoms with Gasteiger partial charge in [0.05, 0.1) is 19.0 Å². The van der Waals surface area contributed by atoms with Crippen LogP contribution in [0.5, 0.6) is 5.75 Å². The summed E-state index contributed by atoms with van der Waals surface area (Å²) in [4.78, 5) is 14.2. The molecule has 0 radical (unpaired) electrons. The number of amides is 1. The van der Waals surface area contributed by atoms with Crippen LogP contribution in [0.25, 0.3) is 0 Å². The van der Waals surface area contributed by atoms with E-state index in [0.29, 0.717) is 49.6 Å². The Balaban J connectivity index is 1.67. The van der Waals surface area contributed by atoms with Gasteiger partial charge in [0.25, 0.3) is 0 Å². The lowest BCUT2D eigenvalue weighted by Crippen LogP contribution is -2.41. The summed E-state index contributed by atoms with van der Waals surface area (Å²) in [7, 11) is 0. The third kappa shape index (κ3) is 5.11. The molecule has 1 unspecified atom stereocenters. The molecule has 1 atom stereocenters. The van der Waals surface area contributed by atoms with E-state index < -0.39 is 6.10 Å². The van der Waals surface area contributed by atoms with Crippen molar-refractivity contribution in [3.8, 4) is 5.75 Å². The second kappa shape index (κ2) is 9.70. The molecule has 1 aromatic carbocycles. The fraction of sp³-hybridized carbons (Fsp3) is 0.421. The van der Waals surface area contributed by atoms with Crippen molar-refractivity contribution in [1.82, 2.24) is 19.7 Å². The quantitative estimate of drug-likeness (QED) is 0.496. The van der Waals surface area contributed by atoms with Gasteiger partial charge in [-0.15, -0.1) is 16.8 Å². The van der Waals surface area contributed by atoms with Crippen LogP contribution in [0, 0.1) is 5.82 Å². The lowest BCUT2D eigenvalue weighted by molar-refractivity contribution is -0.132. The molecule has 150 valence electrons. The number of halogens is 1. The molecule has 1 saturated heterocycles. The van der Waals surface area contributed by atoms with Gasteiger partial charge in [0.1, 0.15) is 11.6 Å². The van der Waals surface area contributed by atoms with Crippen LogP contribution in [0.15, 0.2) is 42.1 Å². The number of ether oxygens (including phenoxy) is 2. The van der Waals surface area contributed by atoms with Crippen LogP contribution in [0.3, 0.4) is 0 Å². The molecule has 1 aliphatic rings. The van der Waals surface area contributed by atoms with Crippen LogP contribution in [-0.2, 0) is 16.1 Å². The Hall–Kier alpha value is -2.39. The first-order valence-corrected chi connectivity index (χ1v) is 10.0. The number of carbonyl (C=O) groups excluding carboxylic acids is 1. The van der Waals surface area contributed by atoms with Crippen molar-refractivity contribution < 1.29 is 18.7 Å². The van der Waals surface area contributed by atoms with E-state index in [9.17, 15) is 9.18 Å². The maximum atomic E-state index is 13.1. The molecule has 0 N–H and O–H groups in total. The predicted octanol–water partition coefficient (Wildman–Crippen LogP) is 2.69. The van der Waals surface area contributed by atoms with Gasteiger partial charge in [-0.3, -0.25) is 9.36 Å². The number of allylic oxidation sites excluding steroid dienone is 1. The van der Waals surface area contributed by atoms with E-state index in [-0.39, 0.29) is 17.5 Å². The van der Waals surface area contributed by atoms with Crippen LogP contribution in [0.4, 0.5) is 4.39 Å². The summed E-state index contributed by atoms with van der Waals surface area (Å²) < 4.78 is 26.1. The monoisotopic (exact) mass is 406 g/mol. The van der Waals surface area contributed by atoms with Crippen molar-refractivity contribution in [2.75, 3.05) is 32.1 Å². The Morgan fingerprint density at radius 3 is 2.75 bits per heavy atom. The lowest BCUT2D eigenvalue weighted by atomic mass is 10.3. The van der Waals surface area contributed by atoms with E-state index in [1.54, 1.807) is 23.1 Å². The molecule has 1 amide bonds. The highest BCUT2D eigenvalue weighted by molar-refractivity contribution is 7.99. The van der Waals surface area contributed by atoms with Gasteiger partial charge >= 0.3 is 0 Å². The van der Waals surface area contributed by atoms with E-state index in [0.717, 1.165) is 0 Å². The molecule has 2 aromatic rings. The smallest absolute Gasteiger partial charge is 0.233 e. The minimum absolute atomic E-state index is 0.0543. The van der Waals surface area contributed by atoms with Crippen LogP contribution in [-0.4, -0.2) is 57.6 Å². The number of hydrogen-bond acceptors (Lipinski definition) is 6. The normalized spacial score (nSPS) is 15.3. The van der Waals surface area contributed by atoms with Crippen LogP contribution >= 0.6 is 11.8 Å². The Morgan fingerprint density at radius 1 is 1.36 bits per heavy atom. The summed E-state index contributed by atoms with van der Waals surface area (Å²) in [6.07, 6.45) is 1.34. The molecule has 0 aliphatic carbocycles. The number of rotatable bonds is 8. The zero-order valence-corrected chi connectivity index (χ0v) is 16.5. The van der Waals surface area contributed by atoms with Gasteiger partial charge in [0.2, 0.25) is 5.91 Å². The number of morpholine rings is 1. The molecule has 3 rings (SSSR count). The number of thioether (sulfide) groups is 1. The first-order chi connectivity index (χ1) is 13.6. The SMILES string of the molecule is C=CCn1c(SCC(=O)N2CCOCC2)nnc1C(C)Oc1ccc(F)cc1. The predicted molar refractivity (Wildman–Crippen MR) is 104 cm³/mol. The van der Waals surface area contributed by atoms with Crippen LogP contribution < -0.4 is 4.74 Å². The first-order valence-electron chi connectivity index (χ1n) is 9.03. The Labute approximate surface area is 167 Å². The molecule has 1 fully saturated rings. The van der Waals surface area contributed by atoms with Gasteiger partial charge in [-0.1, -0.05) is 17.8 Å². The first kappa shape index (κ1) is 20.3. The van der Waals surface area contributed by atoms with Crippen molar-refractivity contribution in [3.05, 3.63) is 48.6 Å². The van der Waals surface area contributed by atoms with E-state index >= 15 is 0 Å². The summed E-state index contributed by atoms with van der Waals surface area (Å²) in [6, 6.07) is 5.82. The third-order valence-corrected chi connectivity index (χ3v) is 5.19. The van der Waals surface area contributed by atoms with E-state index in [2.05, 4.69) is 16.8 Å². The Kier molecular flexibility index (Phi) is 7.05. The van der Waals surface area contributed by atoms with Crippen molar-refractivity contribution in [3.63, 3.8) is 0 Å². The second-order valence-electron chi connectivity index (χ2n) is 6.24. The second-order valence-corrected chi connectivity index (χ2v) is 7.18. The fourth-order valence-electron chi connectivity index (χ4n) is 2.81. The molecular formula is C19H23FN4O3S. The molecule has 0 bridgehead atoms. The molecular weight excluding hydrogens is 383 g/mol. The van der Waals surface area contributed by atoms with E-state index in [4.69, 9.17) is 9.47 Å². The van der Waals surface area contributed by atoms with E-state index in [1.165, 1.54) is 23.9 Å². The fourth-order valence-corrected chi connectivity index (χ4v) is 3.67. The number of benzene rings is 1. The molecule has 0 saturated carbocycles. The van der Waals surface area contributed by atoms with Gasteiger partial charge in [-0.25, -0.2) is 4.39 Å². The summed E-state index contributed by atoms with van der Waals surface area (Å²) in [5, 5.41) is 9.09. The van der Waals surface area contributed by atoms with Crippen molar-refractivity contribution in [2.24, 2.45) is 0 Å². The molecule has 9 heteroatoms. The summed E-state index contributed by atoms with van der Waals surface area (Å²) in [5.41, 5.74) is 0. The topological polar surface area (TPSA) is 69.5 Å². The number of aromatic nitrogens is 3. The highest BCUT2D eigenvalue weighted by Gasteiger charge is 2.22. The minimum Gasteiger partial charge on any atom is -0.483 e. The van der Waals surface area contributed by atoms with Gasteiger partial charge in [0.15, 0.2) is 17.1 Å². The van der Waals surface area contributed by atoms with Gasteiger partial charge in [-0.05, 0) is 31.2 Å². The van der Waals surface area contributed by atoms with Gasteiger partial charge in [0, 0.05) is 19.6 Å². The summed E-state index contributed by atoms with van der Waals surface area (Å²) in [5.74, 6) is 1.17. The van der Waals surface area contributed by atoms with Crippen molar-refractivity contribution >= 4 is 17.7 Å². The average Bonchev–Trinajstić information content (AvgIpc) is 3.11. The zero-order valence-electron chi connectivity index (χ0n) is 15.7. The lowest BCUT2D eigenvalue weighted by Gasteiger charge is -2.26. The summed E-state index contributed by atoms with van der Waals surface area (Å²) in [6.45, 7) is 8.51. The molecule has 0 spiro atoms. The maximum absolute atomic E-state index is 13.1. The standard InChI is InChI=1S/C19H23FN4O3S/c1-3-8-24-18(14(2)27-16-6-4-15(20)5-7-16)21-22-19(24)28-13-17(25)23-9-11-26-12-10-23/h3-7,14H,1,8-13H2,2H3. The average molecular weight is 406 g/mol. The molecule has 28 heavy (non-hydrogen) atoms. The Bertz CT molecular complexity index is 806. The number of hydrogen-bond donors (Lipinski definition) is 0. The zero-order chi connectivity index (χ0) is 19.9. The van der Waals surface area contributed by atoms with Crippen molar-refractivity contribution in [2.45, 2.75) is 24.7 Å². The van der Waals surface area contributed by atoms with Crippen molar-refractivity contribution in [1.29, 1.82) is 0 Å². The molecule has 1 aromatic heterocycles. The number of carbonyl (C=O) groups is 1. The molecule has 7 nitrogen and oxygen atoms in total. The number of nitrogens with zero attached hydrogens (tertiary/aromatic N) is 4. The minimum atomic E-state index is -0.401. The summed E-state index contributed by atoms with van der Waals surface area (Å²) >= 11 is 1.34. The Morgan fingerprint density at radius 2 is 2.07 bits per heavy atom. The van der Waals surface area contributed by atoms with E-state index in [1.807, 2.05) is 11.5 Å².